The minimum absolute atomic E-state index is 0.158. The molecule has 1 aromatic carbocycles. The van der Waals surface area contributed by atoms with Gasteiger partial charge >= 0.3 is 0 Å². The maximum Gasteiger partial charge on any atom is 0.124 e. The van der Waals surface area contributed by atoms with E-state index in [0.29, 0.717) is 5.92 Å². The first-order valence-corrected chi connectivity index (χ1v) is 6.00. The summed E-state index contributed by atoms with van der Waals surface area (Å²) >= 11 is 1.62. The Hall–Kier alpha value is -0.930. The van der Waals surface area contributed by atoms with Gasteiger partial charge in [-0.15, -0.1) is 11.3 Å². The molecular formula is C12H12FNS. The smallest absolute Gasteiger partial charge is 0.124 e. The van der Waals surface area contributed by atoms with Gasteiger partial charge in [-0.1, -0.05) is 6.07 Å². The summed E-state index contributed by atoms with van der Waals surface area (Å²) in [5.41, 5.74) is 6.12. The number of rotatable bonds is 2. The normalized spacial score (nSPS) is 18.3. The third kappa shape index (κ3) is 1.66. The fourth-order valence-electron chi connectivity index (χ4n) is 1.88. The Labute approximate surface area is 91.7 Å². The molecule has 2 aromatic rings. The highest BCUT2D eigenvalue weighted by Crippen LogP contribution is 2.42. The van der Waals surface area contributed by atoms with Gasteiger partial charge in [0.05, 0.1) is 0 Å². The van der Waals surface area contributed by atoms with Crippen LogP contribution < -0.4 is 5.73 Å². The van der Waals surface area contributed by atoms with E-state index in [4.69, 9.17) is 5.73 Å². The minimum Gasteiger partial charge on any atom is -0.323 e. The van der Waals surface area contributed by atoms with Gasteiger partial charge in [0, 0.05) is 15.6 Å². The second-order valence-corrected chi connectivity index (χ2v) is 5.31. The average molecular weight is 221 g/mol. The number of fused-ring (bicyclic) bond motifs is 1. The SMILES string of the molecule is NC(c1cc2ccc(F)cc2s1)C1CC1. The summed E-state index contributed by atoms with van der Waals surface area (Å²) in [6, 6.07) is 7.17. The zero-order valence-electron chi connectivity index (χ0n) is 8.24. The van der Waals surface area contributed by atoms with E-state index >= 15 is 0 Å². The van der Waals surface area contributed by atoms with Crippen LogP contribution in [0.5, 0.6) is 0 Å². The molecular weight excluding hydrogens is 209 g/mol. The molecule has 0 radical (unpaired) electrons. The van der Waals surface area contributed by atoms with Gasteiger partial charge in [0.15, 0.2) is 0 Å². The van der Waals surface area contributed by atoms with Gasteiger partial charge < -0.3 is 5.73 Å². The largest absolute Gasteiger partial charge is 0.323 e. The van der Waals surface area contributed by atoms with Gasteiger partial charge in [-0.3, -0.25) is 0 Å². The summed E-state index contributed by atoms with van der Waals surface area (Å²) in [7, 11) is 0. The lowest BCUT2D eigenvalue weighted by Gasteiger charge is -2.05. The molecule has 0 spiro atoms. The molecule has 1 fully saturated rings. The second-order valence-electron chi connectivity index (χ2n) is 4.19. The van der Waals surface area contributed by atoms with Gasteiger partial charge in [0.25, 0.3) is 0 Å². The Morgan fingerprint density at radius 3 is 2.87 bits per heavy atom. The lowest BCUT2D eigenvalue weighted by atomic mass is 10.1. The highest BCUT2D eigenvalue weighted by atomic mass is 32.1. The molecule has 2 N–H and O–H groups in total. The quantitative estimate of drug-likeness (QED) is 0.825. The van der Waals surface area contributed by atoms with Crippen molar-refractivity contribution in [1.29, 1.82) is 0 Å². The summed E-state index contributed by atoms with van der Waals surface area (Å²) < 4.78 is 14.0. The molecule has 0 aliphatic heterocycles. The Kier molecular flexibility index (Phi) is 2.04. The molecule has 0 bridgehead atoms. The fraction of sp³-hybridized carbons (Fsp3) is 0.333. The molecule has 78 valence electrons. The topological polar surface area (TPSA) is 26.0 Å². The van der Waals surface area contributed by atoms with Crippen LogP contribution in [0, 0.1) is 11.7 Å². The average Bonchev–Trinajstić information content (AvgIpc) is 2.97. The van der Waals surface area contributed by atoms with E-state index in [0.717, 1.165) is 10.1 Å². The molecule has 15 heavy (non-hydrogen) atoms. The van der Waals surface area contributed by atoms with Gasteiger partial charge in [-0.25, -0.2) is 4.39 Å². The van der Waals surface area contributed by atoms with Crippen LogP contribution in [0.25, 0.3) is 10.1 Å². The standard InChI is InChI=1S/C12H12FNS/c13-9-4-3-8-5-11(15-10(8)6-9)12(14)7-1-2-7/h3-7,12H,1-2,14H2. The first-order chi connectivity index (χ1) is 7.24. The summed E-state index contributed by atoms with van der Waals surface area (Å²) in [5, 5.41) is 1.10. The second kappa shape index (κ2) is 3.29. The van der Waals surface area contributed by atoms with Crippen LogP contribution in [-0.4, -0.2) is 0 Å². The van der Waals surface area contributed by atoms with Crippen molar-refractivity contribution < 1.29 is 4.39 Å². The maximum absolute atomic E-state index is 13.0. The molecule has 1 aromatic heterocycles. The van der Waals surface area contributed by atoms with Crippen LogP contribution in [-0.2, 0) is 0 Å². The van der Waals surface area contributed by atoms with E-state index in [1.54, 1.807) is 17.4 Å². The number of nitrogens with two attached hydrogens (primary N) is 1. The van der Waals surface area contributed by atoms with Crippen LogP contribution in [0.1, 0.15) is 23.8 Å². The molecule has 1 unspecified atom stereocenters. The Balaban J connectivity index is 2.05. The molecule has 1 nitrogen and oxygen atoms in total. The maximum atomic E-state index is 13.0. The van der Waals surface area contributed by atoms with Crippen molar-refractivity contribution in [3.63, 3.8) is 0 Å². The highest BCUT2D eigenvalue weighted by molar-refractivity contribution is 7.19. The Morgan fingerprint density at radius 1 is 1.33 bits per heavy atom. The van der Waals surface area contributed by atoms with Crippen molar-refractivity contribution in [2.24, 2.45) is 11.7 Å². The Morgan fingerprint density at radius 2 is 2.13 bits per heavy atom. The van der Waals surface area contributed by atoms with Crippen molar-refractivity contribution in [3.8, 4) is 0 Å². The van der Waals surface area contributed by atoms with Crippen molar-refractivity contribution in [1.82, 2.24) is 0 Å². The molecule has 3 rings (SSSR count). The molecule has 1 aliphatic carbocycles. The lowest BCUT2D eigenvalue weighted by molar-refractivity contribution is 0.630. The monoisotopic (exact) mass is 221 g/mol. The predicted molar refractivity (Wildman–Crippen MR) is 61.4 cm³/mol. The summed E-state index contributed by atoms with van der Waals surface area (Å²) in [6.07, 6.45) is 2.48. The third-order valence-electron chi connectivity index (χ3n) is 2.96. The zero-order valence-corrected chi connectivity index (χ0v) is 9.06. The molecule has 0 amide bonds. The Bertz CT molecular complexity index is 501. The van der Waals surface area contributed by atoms with Gasteiger partial charge in [0.2, 0.25) is 0 Å². The highest BCUT2D eigenvalue weighted by Gasteiger charge is 2.30. The number of benzene rings is 1. The fourth-order valence-corrected chi connectivity index (χ4v) is 3.06. The van der Waals surface area contributed by atoms with Crippen molar-refractivity contribution in [3.05, 3.63) is 35.0 Å². The van der Waals surface area contributed by atoms with Crippen molar-refractivity contribution in [2.75, 3.05) is 0 Å². The van der Waals surface area contributed by atoms with Crippen LogP contribution in [0.3, 0.4) is 0 Å². The number of hydrogen-bond donors (Lipinski definition) is 1. The first kappa shape index (κ1) is 9.31. The molecule has 1 heterocycles. The van der Waals surface area contributed by atoms with Crippen LogP contribution in [0.4, 0.5) is 4.39 Å². The molecule has 1 saturated carbocycles. The number of thiophene rings is 1. The van der Waals surface area contributed by atoms with E-state index in [-0.39, 0.29) is 11.9 Å². The first-order valence-electron chi connectivity index (χ1n) is 5.18. The van der Waals surface area contributed by atoms with Crippen molar-refractivity contribution >= 4 is 21.4 Å². The van der Waals surface area contributed by atoms with Gasteiger partial charge in [-0.05, 0) is 42.3 Å². The molecule has 3 heteroatoms. The third-order valence-corrected chi connectivity index (χ3v) is 4.16. The van der Waals surface area contributed by atoms with Crippen molar-refractivity contribution in [2.45, 2.75) is 18.9 Å². The van der Waals surface area contributed by atoms with E-state index < -0.39 is 0 Å². The van der Waals surface area contributed by atoms with E-state index in [9.17, 15) is 4.39 Å². The summed E-state index contributed by atoms with van der Waals surface area (Å²) in [5.74, 6) is 0.485. The molecule has 1 aliphatic rings. The van der Waals surface area contributed by atoms with Gasteiger partial charge in [-0.2, -0.15) is 0 Å². The number of halogens is 1. The van der Waals surface area contributed by atoms with E-state index in [2.05, 4.69) is 6.07 Å². The summed E-state index contributed by atoms with van der Waals surface area (Å²) in [4.78, 5) is 1.19. The summed E-state index contributed by atoms with van der Waals surface area (Å²) in [6.45, 7) is 0. The van der Waals surface area contributed by atoms with Crippen LogP contribution in [0.15, 0.2) is 24.3 Å². The lowest BCUT2D eigenvalue weighted by Crippen LogP contribution is -2.10. The van der Waals surface area contributed by atoms with E-state index in [1.807, 2.05) is 6.07 Å². The molecule has 0 saturated heterocycles. The van der Waals surface area contributed by atoms with E-state index in [1.165, 1.54) is 23.8 Å². The predicted octanol–water partition coefficient (Wildman–Crippen LogP) is 3.45. The minimum atomic E-state index is -0.170. The molecule has 1 atom stereocenters. The zero-order chi connectivity index (χ0) is 10.4. The van der Waals surface area contributed by atoms with Crippen LogP contribution >= 0.6 is 11.3 Å². The number of hydrogen-bond acceptors (Lipinski definition) is 2. The van der Waals surface area contributed by atoms with Gasteiger partial charge in [0.1, 0.15) is 5.82 Å². The van der Waals surface area contributed by atoms with Crippen LogP contribution in [0.2, 0.25) is 0 Å².